The number of nitro groups is 1. The average Bonchev–Trinajstić information content (AvgIpc) is 2.69. The molecule has 0 radical (unpaired) electrons. The number of nitrogens with zero attached hydrogens (tertiary/aromatic N) is 1. The van der Waals surface area contributed by atoms with Gasteiger partial charge in [0.1, 0.15) is 0 Å². The van der Waals surface area contributed by atoms with Crippen LogP contribution >= 0.6 is 11.8 Å². The van der Waals surface area contributed by atoms with Crippen molar-refractivity contribution in [2.24, 2.45) is 0 Å². The zero-order valence-corrected chi connectivity index (χ0v) is 16.8. The fourth-order valence-corrected chi connectivity index (χ4v) is 5.59. The SMILES string of the molecule is C#CC1(NS(=O)(=O)c2ccc(Sc3ccccc3)c([N+](=O)[O-])c2)CCCCC1. The van der Waals surface area contributed by atoms with E-state index in [-0.39, 0.29) is 10.6 Å². The second-order valence-electron chi connectivity index (χ2n) is 6.69. The molecule has 1 saturated carbocycles. The van der Waals surface area contributed by atoms with Crippen LogP contribution in [0, 0.1) is 22.5 Å². The Labute approximate surface area is 168 Å². The van der Waals surface area contributed by atoms with Crippen LogP contribution in [-0.2, 0) is 10.0 Å². The van der Waals surface area contributed by atoms with Crippen molar-refractivity contribution in [3.05, 3.63) is 58.6 Å². The summed E-state index contributed by atoms with van der Waals surface area (Å²) in [6.45, 7) is 0. The molecule has 28 heavy (non-hydrogen) atoms. The summed E-state index contributed by atoms with van der Waals surface area (Å²) in [6.07, 6.45) is 9.46. The van der Waals surface area contributed by atoms with Gasteiger partial charge in [0, 0.05) is 11.0 Å². The van der Waals surface area contributed by atoms with Crippen LogP contribution in [0.2, 0.25) is 0 Å². The van der Waals surface area contributed by atoms with Gasteiger partial charge < -0.3 is 0 Å². The van der Waals surface area contributed by atoms with Crippen molar-refractivity contribution < 1.29 is 13.3 Å². The Bertz CT molecular complexity index is 1010. The number of sulfonamides is 1. The molecule has 0 spiro atoms. The highest BCUT2D eigenvalue weighted by Gasteiger charge is 2.35. The zero-order chi connectivity index (χ0) is 20.2. The first kappa shape index (κ1) is 20.4. The molecule has 1 fully saturated rings. The molecule has 0 amide bonds. The van der Waals surface area contributed by atoms with Gasteiger partial charge in [-0.05, 0) is 37.1 Å². The molecule has 146 valence electrons. The highest BCUT2D eigenvalue weighted by atomic mass is 32.2. The van der Waals surface area contributed by atoms with Gasteiger partial charge in [0.25, 0.3) is 5.69 Å². The predicted molar refractivity (Wildman–Crippen MR) is 109 cm³/mol. The third kappa shape index (κ3) is 4.55. The fraction of sp³-hybridized carbons (Fsp3) is 0.300. The molecule has 0 unspecified atom stereocenters. The number of benzene rings is 2. The van der Waals surface area contributed by atoms with Gasteiger partial charge in [-0.2, -0.15) is 4.72 Å². The molecule has 1 aliphatic rings. The Morgan fingerprint density at radius 2 is 1.79 bits per heavy atom. The van der Waals surface area contributed by atoms with Crippen molar-refractivity contribution in [2.75, 3.05) is 0 Å². The number of hydrogen-bond acceptors (Lipinski definition) is 5. The first-order valence-corrected chi connectivity index (χ1v) is 11.2. The number of nitrogens with one attached hydrogen (secondary N) is 1. The van der Waals surface area contributed by atoms with Crippen molar-refractivity contribution in [2.45, 2.75) is 52.3 Å². The molecule has 8 heteroatoms. The Balaban J connectivity index is 1.92. The third-order valence-electron chi connectivity index (χ3n) is 4.72. The largest absolute Gasteiger partial charge is 0.284 e. The van der Waals surface area contributed by atoms with E-state index in [1.165, 1.54) is 23.9 Å². The molecule has 2 aromatic rings. The summed E-state index contributed by atoms with van der Waals surface area (Å²) >= 11 is 1.21. The highest BCUT2D eigenvalue weighted by Crippen LogP contribution is 2.36. The minimum Gasteiger partial charge on any atom is -0.258 e. The predicted octanol–water partition coefficient (Wildman–Crippen LogP) is 4.36. The Kier molecular flexibility index (Phi) is 6.08. The van der Waals surface area contributed by atoms with Crippen molar-refractivity contribution >= 4 is 27.5 Å². The quantitative estimate of drug-likeness (QED) is 0.429. The second-order valence-corrected chi connectivity index (χ2v) is 9.49. The lowest BCUT2D eigenvalue weighted by atomic mass is 9.83. The van der Waals surface area contributed by atoms with E-state index < -0.39 is 20.5 Å². The van der Waals surface area contributed by atoms with Gasteiger partial charge in [-0.25, -0.2) is 8.42 Å². The Morgan fingerprint density at radius 3 is 2.39 bits per heavy atom. The van der Waals surface area contributed by atoms with Crippen LogP contribution in [0.5, 0.6) is 0 Å². The van der Waals surface area contributed by atoms with E-state index in [2.05, 4.69) is 10.6 Å². The summed E-state index contributed by atoms with van der Waals surface area (Å²) in [4.78, 5) is 12.0. The summed E-state index contributed by atoms with van der Waals surface area (Å²) in [6, 6.07) is 13.1. The topological polar surface area (TPSA) is 89.3 Å². The maximum atomic E-state index is 12.9. The summed E-state index contributed by atoms with van der Waals surface area (Å²) < 4.78 is 28.4. The Morgan fingerprint density at radius 1 is 1.11 bits per heavy atom. The van der Waals surface area contributed by atoms with Crippen LogP contribution in [0.15, 0.2) is 63.2 Å². The summed E-state index contributed by atoms with van der Waals surface area (Å²) in [5, 5.41) is 11.5. The maximum Gasteiger partial charge on any atom is 0.284 e. The molecule has 3 rings (SSSR count). The number of hydrogen-bond donors (Lipinski definition) is 1. The molecular formula is C20H20N2O4S2. The first-order valence-electron chi connectivity index (χ1n) is 8.88. The smallest absolute Gasteiger partial charge is 0.258 e. The van der Waals surface area contributed by atoms with E-state index >= 15 is 0 Å². The maximum absolute atomic E-state index is 12.9. The molecule has 1 N–H and O–H groups in total. The average molecular weight is 417 g/mol. The zero-order valence-electron chi connectivity index (χ0n) is 15.1. The fourth-order valence-electron chi connectivity index (χ4n) is 3.26. The summed E-state index contributed by atoms with van der Waals surface area (Å²) in [7, 11) is -3.98. The van der Waals surface area contributed by atoms with Crippen LogP contribution < -0.4 is 4.72 Å². The lowest BCUT2D eigenvalue weighted by Crippen LogP contribution is -2.48. The van der Waals surface area contributed by atoms with Crippen LogP contribution in [0.4, 0.5) is 5.69 Å². The standard InChI is InChI=1S/C20H20N2O4S2/c1-2-20(13-7-4-8-14-20)21-28(25,26)17-11-12-19(18(15-17)22(23)24)27-16-9-5-3-6-10-16/h1,3,5-6,9-12,15,21H,4,7-8,13-14H2. The van der Waals surface area contributed by atoms with Gasteiger partial charge >= 0.3 is 0 Å². The van der Waals surface area contributed by atoms with Crippen molar-refractivity contribution in [3.63, 3.8) is 0 Å². The number of rotatable bonds is 6. The monoisotopic (exact) mass is 416 g/mol. The van der Waals surface area contributed by atoms with Gasteiger partial charge in [0.15, 0.2) is 0 Å². The lowest BCUT2D eigenvalue weighted by molar-refractivity contribution is -0.388. The highest BCUT2D eigenvalue weighted by molar-refractivity contribution is 7.99. The minimum absolute atomic E-state index is 0.156. The van der Waals surface area contributed by atoms with E-state index in [1.807, 2.05) is 30.3 Å². The van der Waals surface area contributed by atoms with Crippen LogP contribution in [-0.4, -0.2) is 18.9 Å². The minimum atomic E-state index is -3.98. The van der Waals surface area contributed by atoms with Crippen LogP contribution in [0.1, 0.15) is 32.1 Å². The molecule has 0 aliphatic heterocycles. The molecule has 0 saturated heterocycles. The number of terminal acetylenes is 1. The number of nitro benzene ring substituents is 1. The molecule has 0 aromatic heterocycles. The van der Waals surface area contributed by atoms with E-state index in [9.17, 15) is 18.5 Å². The van der Waals surface area contributed by atoms with Gasteiger partial charge in [0.05, 0.1) is 20.3 Å². The van der Waals surface area contributed by atoms with Gasteiger partial charge in [-0.3, -0.25) is 10.1 Å². The molecule has 6 nitrogen and oxygen atoms in total. The molecule has 0 bridgehead atoms. The van der Waals surface area contributed by atoms with Crippen molar-refractivity contribution in [3.8, 4) is 12.3 Å². The molecule has 1 aliphatic carbocycles. The van der Waals surface area contributed by atoms with Crippen molar-refractivity contribution in [1.29, 1.82) is 0 Å². The third-order valence-corrected chi connectivity index (χ3v) is 7.33. The van der Waals surface area contributed by atoms with Crippen LogP contribution in [0.3, 0.4) is 0 Å². The molecular weight excluding hydrogens is 396 g/mol. The van der Waals surface area contributed by atoms with E-state index in [1.54, 1.807) is 0 Å². The van der Waals surface area contributed by atoms with E-state index in [4.69, 9.17) is 6.42 Å². The van der Waals surface area contributed by atoms with E-state index in [0.29, 0.717) is 17.7 Å². The normalized spacial score (nSPS) is 16.2. The van der Waals surface area contributed by atoms with Gasteiger partial charge in [-0.15, -0.1) is 6.42 Å². The van der Waals surface area contributed by atoms with E-state index in [0.717, 1.165) is 30.2 Å². The molecule has 0 heterocycles. The summed E-state index contributed by atoms with van der Waals surface area (Å²) in [5.41, 5.74) is -1.18. The molecule has 2 aromatic carbocycles. The summed E-state index contributed by atoms with van der Waals surface area (Å²) in [5.74, 6) is 2.60. The second kappa shape index (κ2) is 8.35. The molecule has 0 atom stereocenters. The van der Waals surface area contributed by atoms with Crippen molar-refractivity contribution in [1.82, 2.24) is 4.72 Å². The van der Waals surface area contributed by atoms with Crippen LogP contribution in [0.25, 0.3) is 0 Å². The van der Waals surface area contributed by atoms with Gasteiger partial charge in [0.2, 0.25) is 10.0 Å². The Hall–Kier alpha value is -2.34. The first-order chi connectivity index (χ1) is 13.4. The lowest BCUT2D eigenvalue weighted by Gasteiger charge is -2.32. The van der Waals surface area contributed by atoms with Gasteiger partial charge in [-0.1, -0.05) is 55.1 Å².